The molecule has 0 amide bonds. The van der Waals surface area contributed by atoms with Gasteiger partial charge in [0.25, 0.3) is 5.56 Å². The lowest BCUT2D eigenvalue weighted by atomic mass is 10.2. The van der Waals surface area contributed by atoms with Crippen LogP contribution in [-0.2, 0) is 13.0 Å². The fourth-order valence-electron chi connectivity index (χ4n) is 2.33. The molecule has 0 spiro atoms. The molecule has 0 aliphatic rings. The van der Waals surface area contributed by atoms with Crippen LogP contribution in [0.1, 0.15) is 31.0 Å². The standard InChI is InChI=1S/C15H16N4O2/c1-3-6-13-16-12-8-5-4-7-11(12)15(20)19(13)9-14-18-17-10(2)21-14/h4-5,7-8H,3,6,9H2,1-2H3. The van der Waals surface area contributed by atoms with E-state index in [4.69, 9.17) is 4.42 Å². The van der Waals surface area contributed by atoms with Gasteiger partial charge in [0.05, 0.1) is 10.9 Å². The maximum atomic E-state index is 12.7. The maximum Gasteiger partial charge on any atom is 0.261 e. The molecule has 0 saturated heterocycles. The molecule has 1 aromatic carbocycles. The highest BCUT2D eigenvalue weighted by atomic mass is 16.4. The second-order valence-electron chi connectivity index (χ2n) is 4.90. The van der Waals surface area contributed by atoms with Crippen molar-refractivity contribution >= 4 is 10.9 Å². The van der Waals surface area contributed by atoms with Crippen molar-refractivity contribution < 1.29 is 4.42 Å². The first kappa shape index (κ1) is 13.5. The molecule has 0 atom stereocenters. The molecule has 0 aliphatic carbocycles. The van der Waals surface area contributed by atoms with Crippen molar-refractivity contribution in [2.45, 2.75) is 33.2 Å². The van der Waals surface area contributed by atoms with E-state index >= 15 is 0 Å². The number of aryl methyl sites for hydroxylation is 2. The Morgan fingerprint density at radius 1 is 1.24 bits per heavy atom. The Morgan fingerprint density at radius 2 is 2.05 bits per heavy atom. The molecule has 0 saturated carbocycles. The van der Waals surface area contributed by atoms with Crippen LogP contribution in [0.5, 0.6) is 0 Å². The van der Waals surface area contributed by atoms with Gasteiger partial charge in [0.1, 0.15) is 12.4 Å². The first-order valence-electron chi connectivity index (χ1n) is 6.96. The van der Waals surface area contributed by atoms with E-state index in [2.05, 4.69) is 22.1 Å². The topological polar surface area (TPSA) is 73.8 Å². The van der Waals surface area contributed by atoms with E-state index in [9.17, 15) is 4.79 Å². The van der Waals surface area contributed by atoms with Crippen molar-refractivity contribution in [3.8, 4) is 0 Å². The summed E-state index contributed by atoms with van der Waals surface area (Å²) in [5.41, 5.74) is 0.656. The lowest BCUT2D eigenvalue weighted by molar-refractivity contribution is 0.446. The first-order chi connectivity index (χ1) is 10.2. The highest BCUT2D eigenvalue weighted by molar-refractivity contribution is 5.77. The molecule has 6 nitrogen and oxygen atoms in total. The van der Waals surface area contributed by atoms with Crippen molar-refractivity contribution in [1.82, 2.24) is 19.7 Å². The van der Waals surface area contributed by atoms with Crippen molar-refractivity contribution in [2.75, 3.05) is 0 Å². The Morgan fingerprint density at radius 3 is 2.76 bits per heavy atom. The summed E-state index contributed by atoms with van der Waals surface area (Å²) in [5, 5.41) is 8.36. The lowest BCUT2D eigenvalue weighted by Gasteiger charge is -2.11. The molecule has 3 aromatic rings. The zero-order chi connectivity index (χ0) is 14.8. The van der Waals surface area contributed by atoms with E-state index in [-0.39, 0.29) is 12.1 Å². The third-order valence-electron chi connectivity index (χ3n) is 3.28. The lowest BCUT2D eigenvalue weighted by Crippen LogP contribution is -2.26. The number of fused-ring (bicyclic) bond motifs is 1. The third kappa shape index (κ3) is 2.56. The molecule has 0 bridgehead atoms. The van der Waals surface area contributed by atoms with Crippen LogP contribution >= 0.6 is 0 Å². The molecule has 0 aliphatic heterocycles. The van der Waals surface area contributed by atoms with E-state index in [1.165, 1.54) is 0 Å². The molecule has 3 rings (SSSR count). The summed E-state index contributed by atoms with van der Waals surface area (Å²) in [5.74, 6) is 1.66. The number of nitrogens with zero attached hydrogens (tertiary/aromatic N) is 4. The second-order valence-corrected chi connectivity index (χ2v) is 4.90. The fourth-order valence-corrected chi connectivity index (χ4v) is 2.33. The largest absolute Gasteiger partial charge is 0.424 e. The van der Waals surface area contributed by atoms with Gasteiger partial charge >= 0.3 is 0 Å². The molecule has 0 fully saturated rings. The van der Waals surface area contributed by atoms with Crippen LogP contribution < -0.4 is 5.56 Å². The maximum absolute atomic E-state index is 12.7. The van der Waals surface area contributed by atoms with Gasteiger partial charge in [-0.15, -0.1) is 10.2 Å². The molecule has 2 heterocycles. The van der Waals surface area contributed by atoms with E-state index in [0.717, 1.165) is 24.2 Å². The van der Waals surface area contributed by atoms with E-state index < -0.39 is 0 Å². The Kier molecular flexibility index (Phi) is 3.51. The molecule has 108 valence electrons. The number of benzene rings is 1. The molecular weight excluding hydrogens is 268 g/mol. The van der Waals surface area contributed by atoms with Gasteiger partial charge in [0, 0.05) is 13.3 Å². The number of rotatable bonds is 4. The molecule has 0 unspecified atom stereocenters. The molecule has 2 aromatic heterocycles. The van der Waals surface area contributed by atoms with Gasteiger partial charge in [-0.3, -0.25) is 9.36 Å². The Balaban J connectivity index is 2.16. The number of hydrogen-bond donors (Lipinski definition) is 0. The smallest absolute Gasteiger partial charge is 0.261 e. The van der Waals surface area contributed by atoms with Gasteiger partial charge in [0.2, 0.25) is 11.8 Å². The summed E-state index contributed by atoms with van der Waals surface area (Å²) >= 11 is 0. The highest BCUT2D eigenvalue weighted by Gasteiger charge is 2.13. The average Bonchev–Trinajstić information content (AvgIpc) is 2.89. The van der Waals surface area contributed by atoms with Gasteiger partial charge in [0.15, 0.2) is 0 Å². The minimum Gasteiger partial charge on any atom is -0.424 e. The van der Waals surface area contributed by atoms with E-state index in [1.54, 1.807) is 17.6 Å². The van der Waals surface area contributed by atoms with Crippen LogP contribution in [-0.4, -0.2) is 19.7 Å². The molecule has 6 heteroatoms. The molecule has 21 heavy (non-hydrogen) atoms. The van der Waals surface area contributed by atoms with Crippen LogP contribution in [0.25, 0.3) is 10.9 Å². The first-order valence-corrected chi connectivity index (χ1v) is 6.96. The predicted octanol–water partition coefficient (Wildman–Crippen LogP) is 2.09. The highest BCUT2D eigenvalue weighted by Crippen LogP contribution is 2.11. The van der Waals surface area contributed by atoms with E-state index in [0.29, 0.717) is 17.2 Å². The summed E-state index contributed by atoms with van der Waals surface area (Å²) in [6, 6.07) is 7.37. The van der Waals surface area contributed by atoms with Crippen molar-refractivity contribution in [3.05, 3.63) is 52.2 Å². The van der Waals surface area contributed by atoms with Crippen LogP contribution in [0.4, 0.5) is 0 Å². The minimum absolute atomic E-state index is 0.0695. The summed E-state index contributed by atoms with van der Waals surface area (Å²) in [4.78, 5) is 17.3. The van der Waals surface area contributed by atoms with Gasteiger partial charge in [-0.2, -0.15) is 0 Å². The SMILES string of the molecule is CCCc1nc2ccccc2c(=O)n1Cc1nnc(C)o1. The quantitative estimate of drug-likeness (QED) is 0.733. The predicted molar refractivity (Wildman–Crippen MR) is 78.1 cm³/mol. The van der Waals surface area contributed by atoms with Gasteiger partial charge in [-0.1, -0.05) is 19.1 Å². The Bertz CT molecular complexity index is 835. The van der Waals surface area contributed by atoms with Crippen molar-refractivity contribution in [3.63, 3.8) is 0 Å². The van der Waals surface area contributed by atoms with Crippen LogP contribution in [0.15, 0.2) is 33.5 Å². The van der Waals surface area contributed by atoms with Crippen molar-refractivity contribution in [1.29, 1.82) is 0 Å². The van der Waals surface area contributed by atoms with Gasteiger partial charge in [-0.05, 0) is 18.6 Å². The fraction of sp³-hybridized carbons (Fsp3) is 0.333. The summed E-state index contributed by atoms with van der Waals surface area (Å²) < 4.78 is 7.00. The third-order valence-corrected chi connectivity index (χ3v) is 3.28. The zero-order valence-electron chi connectivity index (χ0n) is 12.0. The summed E-state index contributed by atoms with van der Waals surface area (Å²) in [6.07, 6.45) is 1.64. The zero-order valence-corrected chi connectivity index (χ0v) is 12.0. The van der Waals surface area contributed by atoms with E-state index in [1.807, 2.05) is 18.2 Å². The monoisotopic (exact) mass is 284 g/mol. The minimum atomic E-state index is -0.0695. The number of para-hydroxylation sites is 1. The van der Waals surface area contributed by atoms with Crippen LogP contribution in [0, 0.1) is 6.92 Å². The molecule has 0 N–H and O–H groups in total. The van der Waals surface area contributed by atoms with Gasteiger partial charge in [-0.25, -0.2) is 4.98 Å². The van der Waals surface area contributed by atoms with Gasteiger partial charge < -0.3 is 4.42 Å². The number of hydrogen-bond acceptors (Lipinski definition) is 5. The molecular formula is C15H16N4O2. The normalized spacial score (nSPS) is 11.1. The Labute approximate surface area is 121 Å². The Hall–Kier alpha value is -2.50. The summed E-state index contributed by atoms with van der Waals surface area (Å²) in [6.45, 7) is 4.04. The van der Waals surface area contributed by atoms with Crippen LogP contribution in [0.3, 0.4) is 0 Å². The van der Waals surface area contributed by atoms with Crippen molar-refractivity contribution in [2.24, 2.45) is 0 Å². The summed E-state index contributed by atoms with van der Waals surface area (Å²) in [7, 11) is 0. The molecule has 0 radical (unpaired) electrons. The van der Waals surface area contributed by atoms with Crippen LogP contribution in [0.2, 0.25) is 0 Å². The average molecular weight is 284 g/mol. The second kappa shape index (κ2) is 5.47. The number of aromatic nitrogens is 4.